The molecule has 4 heteroatoms. The standard InChI is InChI=1S/C17H13NO2S/c19-17(18-14-10-11-21-12-14)13-6-8-16(9-7-13)20-15-4-2-1-3-5-15/h1-12H,(H,18,19). The molecule has 0 aliphatic carbocycles. The molecular weight excluding hydrogens is 282 g/mol. The summed E-state index contributed by atoms with van der Waals surface area (Å²) in [5, 5.41) is 6.65. The summed E-state index contributed by atoms with van der Waals surface area (Å²) in [5.41, 5.74) is 1.41. The van der Waals surface area contributed by atoms with Gasteiger partial charge in [0, 0.05) is 10.9 Å². The van der Waals surface area contributed by atoms with Crippen molar-refractivity contribution >= 4 is 22.9 Å². The van der Waals surface area contributed by atoms with E-state index in [1.165, 1.54) is 0 Å². The number of carbonyl (C=O) groups excluding carboxylic acids is 1. The maximum absolute atomic E-state index is 12.0. The average molecular weight is 295 g/mol. The van der Waals surface area contributed by atoms with Crippen molar-refractivity contribution in [3.63, 3.8) is 0 Å². The number of para-hydroxylation sites is 1. The Balaban J connectivity index is 1.68. The third kappa shape index (κ3) is 3.49. The van der Waals surface area contributed by atoms with Crippen LogP contribution in [0.5, 0.6) is 11.5 Å². The van der Waals surface area contributed by atoms with Gasteiger partial charge in [-0.1, -0.05) is 18.2 Å². The number of carbonyl (C=O) groups is 1. The van der Waals surface area contributed by atoms with Crippen LogP contribution in [0.4, 0.5) is 5.69 Å². The summed E-state index contributed by atoms with van der Waals surface area (Å²) >= 11 is 1.55. The van der Waals surface area contributed by atoms with Gasteiger partial charge in [0.05, 0.1) is 5.69 Å². The van der Waals surface area contributed by atoms with Gasteiger partial charge in [-0.2, -0.15) is 11.3 Å². The van der Waals surface area contributed by atoms with Gasteiger partial charge < -0.3 is 10.1 Å². The Labute approximate surface area is 126 Å². The molecule has 3 rings (SSSR count). The minimum atomic E-state index is -0.125. The predicted molar refractivity (Wildman–Crippen MR) is 85.2 cm³/mol. The first-order valence-electron chi connectivity index (χ1n) is 6.48. The third-order valence-corrected chi connectivity index (χ3v) is 3.56. The van der Waals surface area contributed by atoms with Crippen molar-refractivity contribution in [1.82, 2.24) is 0 Å². The molecule has 0 bridgehead atoms. The van der Waals surface area contributed by atoms with Gasteiger partial charge in [-0.05, 0) is 47.8 Å². The number of nitrogens with one attached hydrogen (secondary N) is 1. The van der Waals surface area contributed by atoms with Gasteiger partial charge in [-0.3, -0.25) is 4.79 Å². The molecule has 0 spiro atoms. The van der Waals surface area contributed by atoms with Crippen LogP contribution in [0.25, 0.3) is 0 Å². The number of rotatable bonds is 4. The molecular formula is C17H13NO2S. The van der Waals surface area contributed by atoms with Crippen molar-refractivity contribution in [3.05, 3.63) is 77.0 Å². The van der Waals surface area contributed by atoms with Gasteiger partial charge in [-0.15, -0.1) is 0 Å². The van der Waals surface area contributed by atoms with Crippen LogP contribution in [0.3, 0.4) is 0 Å². The average Bonchev–Trinajstić information content (AvgIpc) is 3.02. The molecule has 0 atom stereocenters. The Morgan fingerprint density at radius 1 is 0.905 bits per heavy atom. The maximum Gasteiger partial charge on any atom is 0.255 e. The molecule has 21 heavy (non-hydrogen) atoms. The quantitative estimate of drug-likeness (QED) is 0.751. The Morgan fingerprint density at radius 2 is 1.62 bits per heavy atom. The van der Waals surface area contributed by atoms with E-state index in [4.69, 9.17) is 4.74 Å². The SMILES string of the molecule is O=C(Nc1ccsc1)c1ccc(Oc2ccccc2)cc1. The van der Waals surface area contributed by atoms with Crippen LogP contribution in [0.2, 0.25) is 0 Å². The Bertz CT molecular complexity index is 706. The van der Waals surface area contributed by atoms with Crippen LogP contribution in [-0.4, -0.2) is 5.91 Å². The van der Waals surface area contributed by atoms with E-state index < -0.39 is 0 Å². The number of hydrogen-bond acceptors (Lipinski definition) is 3. The molecule has 104 valence electrons. The van der Waals surface area contributed by atoms with Crippen LogP contribution in [0.15, 0.2) is 71.4 Å². The highest BCUT2D eigenvalue weighted by Gasteiger charge is 2.06. The zero-order valence-corrected chi connectivity index (χ0v) is 12.0. The highest BCUT2D eigenvalue weighted by Crippen LogP contribution is 2.21. The summed E-state index contributed by atoms with van der Waals surface area (Å²) in [4.78, 5) is 12.0. The summed E-state index contributed by atoms with van der Waals surface area (Å²) < 4.78 is 5.69. The lowest BCUT2D eigenvalue weighted by molar-refractivity contribution is 0.102. The molecule has 1 N–H and O–H groups in total. The summed E-state index contributed by atoms with van der Waals surface area (Å²) in [7, 11) is 0. The molecule has 0 fully saturated rings. The lowest BCUT2D eigenvalue weighted by Crippen LogP contribution is -2.10. The zero-order valence-electron chi connectivity index (χ0n) is 11.2. The second kappa shape index (κ2) is 6.24. The van der Waals surface area contributed by atoms with E-state index in [0.717, 1.165) is 11.4 Å². The number of ether oxygens (including phenoxy) is 1. The third-order valence-electron chi connectivity index (χ3n) is 2.87. The van der Waals surface area contributed by atoms with E-state index in [9.17, 15) is 4.79 Å². The lowest BCUT2D eigenvalue weighted by atomic mass is 10.2. The number of benzene rings is 2. The van der Waals surface area contributed by atoms with Gasteiger partial charge >= 0.3 is 0 Å². The smallest absolute Gasteiger partial charge is 0.255 e. The van der Waals surface area contributed by atoms with Crippen LogP contribution >= 0.6 is 11.3 Å². The molecule has 0 unspecified atom stereocenters. The molecule has 3 nitrogen and oxygen atoms in total. The normalized spacial score (nSPS) is 10.1. The van der Waals surface area contributed by atoms with Crippen molar-refractivity contribution in [3.8, 4) is 11.5 Å². The number of thiophene rings is 1. The summed E-state index contributed by atoms with van der Waals surface area (Å²) in [6.07, 6.45) is 0. The van der Waals surface area contributed by atoms with Crippen molar-refractivity contribution in [1.29, 1.82) is 0 Å². The summed E-state index contributed by atoms with van der Waals surface area (Å²) in [6, 6.07) is 18.5. The van der Waals surface area contributed by atoms with E-state index in [2.05, 4.69) is 5.32 Å². The highest BCUT2D eigenvalue weighted by molar-refractivity contribution is 7.08. The van der Waals surface area contributed by atoms with Crippen molar-refractivity contribution in [2.45, 2.75) is 0 Å². The van der Waals surface area contributed by atoms with Crippen LogP contribution < -0.4 is 10.1 Å². The van der Waals surface area contributed by atoms with E-state index in [-0.39, 0.29) is 5.91 Å². The predicted octanol–water partition coefficient (Wildman–Crippen LogP) is 4.79. The Morgan fingerprint density at radius 3 is 2.29 bits per heavy atom. The maximum atomic E-state index is 12.0. The monoisotopic (exact) mass is 295 g/mol. The van der Waals surface area contributed by atoms with Crippen LogP contribution in [-0.2, 0) is 0 Å². The van der Waals surface area contributed by atoms with Crippen molar-refractivity contribution < 1.29 is 9.53 Å². The van der Waals surface area contributed by atoms with Crippen LogP contribution in [0, 0.1) is 0 Å². The molecule has 0 radical (unpaired) electrons. The molecule has 0 aliphatic rings. The molecule has 2 aromatic carbocycles. The first-order chi connectivity index (χ1) is 10.3. The molecule has 0 saturated carbocycles. The largest absolute Gasteiger partial charge is 0.457 e. The number of hydrogen-bond donors (Lipinski definition) is 1. The molecule has 1 amide bonds. The van der Waals surface area contributed by atoms with Crippen molar-refractivity contribution in [2.75, 3.05) is 5.32 Å². The van der Waals surface area contributed by atoms with Gasteiger partial charge in [0.1, 0.15) is 11.5 Å². The van der Waals surface area contributed by atoms with Gasteiger partial charge in [0.2, 0.25) is 0 Å². The fraction of sp³-hybridized carbons (Fsp3) is 0. The van der Waals surface area contributed by atoms with Crippen LogP contribution in [0.1, 0.15) is 10.4 Å². The molecule has 1 aromatic heterocycles. The molecule has 1 heterocycles. The summed E-state index contributed by atoms with van der Waals surface area (Å²) in [5.74, 6) is 1.35. The van der Waals surface area contributed by atoms with E-state index in [0.29, 0.717) is 11.3 Å². The second-order valence-electron chi connectivity index (χ2n) is 4.41. The fourth-order valence-corrected chi connectivity index (χ4v) is 2.43. The lowest BCUT2D eigenvalue weighted by Gasteiger charge is -2.07. The molecule has 0 aliphatic heterocycles. The fourth-order valence-electron chi connectivity index (χ4n) is 1.84. The number of anilines is 1. The minimum Gasteiger partial charge on any atom is -0.457 e. The summed E-state index contributed by atoms with van der Waals surface area (Å²) in [6.45, 7) is 0. The highest BCUT2D eigenvalue weighted by atomic mass is 32.1. The van der Waals surface area contributed by atoms with Gasteiger partial charge in [-0.25, -0.2) is 0 Å². The topological polar surface area (TPSA) is 38.3 Å². The molecule has 0 saturated heterocycles. The zero-order chi connectivity index (χ0) is 14.5. The molecule has 3 aromatic rings. The van der Waals surface area contributed by atoms with E-state index in [1.54, 1.807) is 35.6 Å². The van der Waals surface area contributed by atoms with Crippen molar-refractivity contribution in [2.24, 2.45) is 0 Å². The van der Waals surface area contributed by atoms with Gasteiger partial charge in [0.15, 0.2) is 0 Å². The first kappa shape index (κ1) is 13.4. The van der Waals surface area contributed by atoms with Gasteiger partial charge in [0.25, 0.3) is 5.91 Å². The Kier molecular flexibility index (Phi) is 3.98. The van der Waals surface area contributed by atoms with E-state index in [1.807, 2.05) is 47.2 Å². The first-order valence-corrected chi connectivity index (χ1v) is 7.42. The number of amides is 1. The second-order valence-corrected chi connectivity index (χ2v) is 5.19. The minimum absolute atomic E-state index is 0.125. The van der Waals surface area contributed by atoms with E-state index >= 15 is 0 Å². The Hall–Kier alpha value is -2.59.